The van der Waals surface area contributed by atoms with E-state index in [1.165, 1.54) is 22.3 Å². The average Bonchev–Trinajstić information content (AvgIpc) is 3.17. The van der Waals surface area contributed by atoms with Crippen LogP contribution >= 0.6 is 15.9 Å². The molecule has 1 aromatic heterocycles. The highest BCUT2D eigenvalue weighted by atomic mass is 79.9. The molecule has 4 aromatic rings. The van der Waals surface area contributed by atoms with Crippen LogP contribution in [0.15, 0.2) is 76.0 Å². The molecule has 0 N–H and O–H groups in total. The van der Waals surface area contributed by atoms with Gasteiger partial charge in [-0.05, 0) is 46.9 Å². The van der Waals surface area contributed by atoms with Crippen LogP contribution in [0.25, 0.3) is 22.0 Å². The number of halogens is 1. The van der Waals surface area contributed by atoms with Gasteiger partial charge in [-0.2, -0.15) is 0 Å². The zero-order valence-corrected chi connectivity index (χ0v) is 20.7. The van der Waals surface area contributed by atoms with Crippen molar-refractivity contribution in [1.29, 1.82) is 0 Å². The van der Waals surface area contributed by atoms with Crippen LogP contribution in [-0.4, -0.2) is 40.2 Å². The van der Waals surface area contributed by atoms with Gasteiger partial charge in [-0.25, -0.2) is 9.78 Å². The Kier molecular flexibility index (Phi) is 5.65. The molecule has 6 rings (SSSR count). The van der Waals surface area contributed by atoms with E-state index >= 15 is 0 Å². The van der Waals surface area contributed by atoms with Gasteiger partial charge in [0.1, 0.15) is 12.4 Å². The van der Waals surface area contributed by atoms with Crippen LogP contribution in [0, 0.1) is 0 Å². The molecule has 0 spiro atoms. The molecule has 176 valence electrons. The van der Waals surface area contributed by atoms with E-state index in [1.54, 1.807) is 9.47 Å². The largest absolute Gasteiger partial charge is 0.448 e. The van der Waals surface area contributed by atoms with Gasteiger partial charge in [-0.1, -0.05) is 64.5 Å². The van der Waals surface area contributed by atoms with Crippen LogP contribution in [0.2, 0.25) is 0 Å². The van der Waals surface area contributed by atoms with Crippen molar-refractivity contribution in [2.45, 2.75) is 25.3 Å². The van der Waals surface area contributed by atoms with Crippen molar-refractivity contribution in [3.8, 4) is 11.1 Å². The minimum atomic E-state index is -0.314. The Balaban J connectivity index is 1.19. The van der Waals surface area contributed by atoms with E-state index in [1.807, 2.05) is 42.5 Å². The molecule has 1 aliphatic carbocycles. The second-order valence-corrected chi connectivity index (χ2v) is 9.96. The summed E-state index contributed by atoms with van der Waals surface area (Å²) in [4.78, 5) is 32.6. The molecule has 0 radical (unpaired) electrons. The van der Waals surface area contributed by atoms with Gasteiger partial charge in [0.25, 0.3) is 5.56 Å². The maximum atomic E-state index is 13.1. The number of carbonyl (C=O) groups excluding carboxylic acids is 1. The van der Waals surface area contributed by atoms with Gasteiger partial charge in [-0.15, -0.1) is 0 Å². The highest BCUT2D eigenvalue weighted by Gasteiger charge is 2.30. The van der Waals surface area contributed by atoms with Gasteiger partial charge in [0.2, 0.25) is 0 Å². The predicted octanol–water partition coefficient (Wildman–Crippen LogP) is 5.36. The zero-order valence-electron chi connectivity index (χ0n) is 19.1. The lowest BCUT2D eigenvalue weighted by Gasteiger charge is -2.26. The van der Waals surface area contributed by atoms with E-state index in [0.717, 1.165) is 4.47 Å². The molecule has 0 saturated heterocycles. The first-order valence-electron chi connectivity index (χ1n) is 11.9. The predicted molar refractivity (Wildman–Crippen MR) is 139 cm³/mol. The normalized spacial score (nSPS) is 15.2. The summed E-state index contributed by atoms with van der Waals surface area (Å²) >= 11 is 3.46. The number of rotatable bonds is 2. The summed E-state index contributed by atoms with van der Waals surface area (Å²) in [6.45, 7) is 1.83. The lowest BCUT2D eigenvalue weighted by molar-refractivity contribution is 0.0976. The number of amides is 1. The van der Waals surface area contributed by atoms with E-state index in [0.29, 0.717) is 55.8 Å². The molecule has 2 aliphatic rings. The number of ether oxygens (including phenoxy) is 1. The summed E-state index contributed by atoms with van der Waals surface area (Å²) in [6.07, 6.45) is 0.856. The molecule has 0 unspecified atom stereocenters. The topological polar surface area (TPSA) is 64.4 Å². The third kappa shape index (κ3) is 3.93. The van der Waals surface area contributed by atoms with Crippen molar-refractivity contribution in [1.82, 2.24) is 14.5 Å². The van der Waals surface area contributed by atoms with Gasteiger partial charge in [0.05, 0.1) is 10.9 Å². The highest BCUT2D eigenvalue weighted by molar-refractivity contribution is 9.10. The van der Waals surface area contributed by atoms with Crippen molar-refractivity contribution in [2.24, 2.45) is 0 Å². The maximum Gasteiger partial charge on any atom is 0.409 e. The molecule has 1 amide bonds. The number of fused-ring (bicyclic) bond motifs is 5. The molecule has 0 saturated carbocycles. The van der Waals surface area contributed by atoms with Crippen molar-refractivity contribution < 1.29 is 9.53 Å². The molecule has 0 fully saturated rings. The summed E-state index contributed by atoms with van der Waals surface area (Å²) in [5.41, 5.74) is 5.47. The van der Waals surface area contributed by atoms with Gasteiger partial charge in [0, 0.05) is 36.4 Å². The van der Waals surface area contributed by atoms with E-state index in [4.69, 9.17) is 9.72 Å². The fraction of sp³-hybridized carbons (Fsp3) is 0.250. The van der Waals surface area contributed by atoms with Crippen LogP contribution in [0.1, 0.15) is 29.3 Å². The molecule has 7 heteroatoms. The van der Waals surface area contributed by atoms with Crippen LogP contribution in [0.3, 0.4) is 0 Å². The Labute approximate surface area is 211 Å². The first-order valence-corrected chi connectivity index (χ1v) is 12.7. The lowest BCUT2D eigenvalue weighted by atomic mass is 9.98. The molecule has 6 nitrogen and oxygen atoms in total. The fourth-order valence-electron chi connectivity index (χ4n) is 5.30. The summed E-state index contributed by atoms with van der Waals surface area (Å²) in [7, 11) is 0. The Hall–Kier alpha value is -3.45. The molecule has 0 atom stereocenters. The minimum absolute atomic E-state index is 0.0212. The smallest absolute Gasteiger partial charge is 0.409 e. The van der Waals surface area contributed by atoms with Gasteiger partial charge in [0.15, 0.2) is 0 Å². The Morgan fingerprint density at radius 2 is 1.69 bits per heavy atom. The second-order valence-electron chi connectivity index (χ2n) is 9.04. The number of benzene rings is 3. The summed E-state index contributed by atoms with van der Waals surface area (Å²) in [5.74, 6) is 0.739. The third-order valence-corrected chi connectivity index (χ3v) is 7.50. The summed E-state index contributed by atoms with van der Waals surface area (Å²) < 4.78 is 8.50. The Morgan fingerprint density at radius 3 is 2.43 bits per heavy atom. The monoisotopic (exact) mass is 529 g/mol. The van der Waals surface area contributed by atoms with Crippen molar-refractivity contribution in [3.05, 3.63) is 98.5 Å². The second kappa shape index (κ2) is 8.96. The van der Waals surface area contributed by atoms with Crippen molar-refractivity contribution >= 4 is 32.9 Å². The molecular formula is C28H24BrN3O3. The number of nitrogens with zero attached hydrogens (tertiary/aromatic N) is 3. The first-order chi connectivity index (χ1) is 17.1. The molecular weight excluding hydrogens is 506 g/mol. The maximum absolute atomic E-state index is 13.1. The quantitative estimate of drug-likeness (QED) is 0.350. The molecule has 2 heterocycles. The van der Waals surface area contributed by atoms with E-state index in [9.17, 15) is 9.59 Å². The van der Waals surface area contributed by atoms with Crippen LogP contribution in [-0.2, 0) is 17.7 Å². The van der Waals surface area contributed by atoms with E-state index < -0.39 is 0 Å². The Morgan fingerprint density at radius 1 is 0.971 bits per heavy atom. The molecule has 1 aliphatic heterocycles. The molecule has 0 bridgehead atoms. The Bertz CT molecular complexity index is 1470. The van der Waals surface area contributed by atoms with Crippen LogP contribution < -0.4 is 5.56 Å². The first kappa shape index (κ1) is 22.0. The molecule has 3 aromatic carbocycles. The standard InChI is InChI=1S/C28H24BrN3O3/c29-18-10-11-23-25(16-18)30-26-12-15-31(13-5-14-32(26)27(23)33)28(34)35-17-24-21-8-3-1-6-19(21)20-7-2-4-9-22(20)24/h1-4,6-11,16,24H,5,12-15,17H2. The number of hydrogen-bond acceptors (Lipinski definition) is 4. The minimum Gasteiger partial charge on any atom is -0.448 e. The van der Waals surface area contributed by atoms with Gasteiger partial charge < -0.3 is 9.64 Å². The molecule has 35 heavy (non-hydrogen) atoms. The summed E-state index contributed by atoms with van der Waals surface area (Å²) in [6, 6.07) is 22.2. The third-order valence-electron chi connectivity index (χ3n) is 7.01. The lowest BCUT2D eigenvalue weighted by Crippen LogP contribution is -2.39. The van der Waals surface area contributed by atoms with E-state index in [2.05, 4.69) is 40.2 Å². The van der Waals surface area contributed by atoms with Crippen LogP contribution in [0.4, 0.5) is 4.79 Å². The van der Waals surface area contributed by atoms with Crippen molar-refractivity contribution in [3.63, 3.8) is 0 Å². The SMILES string of the molecule is O=C(OCC1c2ccccc2-c2ccccc21)N1CCCn2c(nc3cc(Br)ccc3c2=O)CC1. The van der Waals surface area contributed by atoms with Crippen LogP contribution in [0.5, 0.6) is 0 Å². The average molecular weight is 530 g/mol. The highest BCUT2D eigenvalue weighted by Crippen LogP contribution is 2.44. The van der Waals surface area contributed by atoms with Gasteiger partial charge >= 0.3 is 6.09 Å². The number of hydrogen-bond donors (Lipinski definition) is 0. The number of carbonyl (C=O) groups is 1. The van der Waals surface area contributed by atoms with E-state index in [-0.39, 0.29) is 17.6 Å². The number of aromatic nitrogens is 2. The summed E-state index contributed by atoms with van der Waals surface area (Å²) in [5, 5.41) is 0.617. The fourth-order valence-corrected chi connectivity index (χ4v) is 5.64. The zero-order chi connectivity index (χ0) is 23.9. The van der Waals surface area contributed by atoms with Gasteiger partial charge in [-0.3, -0.25) is 9.36 Å². The van der Waals surface area contributed by atoms with Crippen molar-refractivity contribution in [2.75, 3.05) is 19.7 Å².